The summed E-state index contributed by atoms with van der Waals surface area (Å²) in [6.07, 6.45) is 0. The largest absolute Gasteiger partial charge is 0.506 e. The summed E-state index contributed by atoms with van der Waals surface area (Å²) in [5.74, 6) is -0.337. The SMILES string of the molecule is Nc1cc(N)c(N=Nc2cccc3ccccc23)cc1N=Nc1cc(S(=O)(=O)O)ccc1O. The van der Waals surface area contributed by atoms with E-state index in [4.69, 9.17) is 11.5 Å². The van der Waals surface area contributed by atoms with Crippen molar-refractivity contribution in [3.05, 3.63) is 72.8 Å². The molecule has 166 valence electrons. The molecule has 0 fully saturated rings. The van der Waals surface area contributed by atoms with Crippen molar-refractivity contribution in [2.24, 2.45) is 20.5 Å². The highest BCUT2D eigenvalue weighted by Crippen LogP contribution is 2.37. The zero-order valence-electron chi connectivity index (χ0n) is 17.0. The van der Waals surface area contributed by atoms with Gasteiger partial charge in [-0.1, -0.05) is 36.4 Å². The Balaban J connectivity index is 1.69. The highest BCUT2D eigenvalue weighted by molar-refractivity contribution is 7.85. The van der Waals surface area contributed by atoms with Crippen LogP contribution in [0, 0.1) is 0 Å². The number of benzene rings is 4. The number of hydrogen-bond donors (Lipinski definition) is 4. The van der Waals surface area contributed by atoms with Crippen LogP contribution in [-0.4, -0.2) is 18.1 Å². The van der Waals surface area contributed by atoms with Crippen molar-refractivity contribution >= 4 is 55.0 Å². The number of nitrogens with zero attached hydrogens (tertiary/aromatic N) is 4. The van der Waals surface area contributed by atoms with Crippen LogP contribution in [0.1, 0.15) is 0 Å². The molecule has 0 aliphatic carbocycles. The average molecular weight is 462 g/mol. The van der Waals surface area contributed by atoms with Gasteiger partial charge in [0.2, 0.25) is 0 Å². The molecule has 10 nitrogen and oxygen atoms in total. The van der Waals surface area contributed by atoms with E-state index in [1.54, 1.807) is 0 Å². The first-order chi connectivity index (χ1) is 15.7. The van der Waals surface area contributed by atoms with E-state index in [0.717, 1.165) is 29.0 Å². The number of phenolic OH excluding ortho intramolecular Hbond substituents is 1. The van der Waals surface area contributed by atoms with Gasteiger partial charge in [0.25, 0.3) is 10.1 Å². The average Bonchev–Trinajstić information content (AvgIpc) is 2.78. The highest BCUT2D eigenvalue weighted by atomic mass is 32.2. The van der Waals surface area contributed by atoms with E-state index in [0.29, 0.717) is 11.4 Å². The molecule has 0 unspecified atom stereocenters. The number of rotatable bonds is 5. The number of nitrogen functional groups attached to an aromatic ring is 2. The van der Waals surface area contributed by atoms with Crippen molar-refractivity contribution in [3.63, 3.8) is 0 Å². The predicted molar refractivity (Wildman–Crippen MR) is 125 cm³/mol. The fraction of sp³-hybridized carbons (Fsp3) is 0. The van der Waals surface area contributed by atoms with Gasteiger partial charge in [0.1, 0.15) is 22.8 Å². The van der Waals surface area contributed by atoms with Crippen molar-refractivity contribution in [2.75, 3.05) is 11.5 Å². The fourth-order valence-electron chi connectivity index (χ4n) is 3.04. The molecule has 0 heterocycles. The van der Waals surface area contributed by atoms with Gasteiger partial charge in [-0.2, -0.15) is 8.42 Å². The van der Waals surface area contributed by atoms with Crippen molar-refractivity contribution < 1.29 is 18.1 Å². The minimum absolute atomic E-state index is 0.174. The summed E-state index contributed by atoms with van der Waals surface area (Å²) >= 11 is 0. The topological polar surface area (TPSA) is 176 Å². The van der Waals surface area contributed by atoms with Gasteiger partial charge in [0.15, 0.2) is 0 Å². The summed E-state index contributed by atoms with van der Waals surface area (Å²) in [5.41, 5.74) is 13.4. The monoisotopic (exact) mass is 462 g/mol. The molecule has 33 heavy (non-hydrogen) atoms. The smallest absolute Gasteiger partial charge is 0.294 e. The molecule has 11 heteroatoms. The van der Waals surface area contributed by atoms with E-state index in [2.05, 4.69) is 20.5 Å². The van der Waals surface area contributed by atoms with Gasteiger partial charge in [-0.3, -0.25) is 4.55 Å². The summed E-state index contributed by atoms with van der Waals surface area (Å²) < 4.78 is 31.8. The quantitative estimate of drug-likeness (QED) is 0.166. The zero-order valence-corrected chi connectivity index (χ0v) is 17.8. The van der Waals surface area contributed by atoms with Crippen LogP contribution in [0.5, 0.6) is 5.75 Å². The number of fused-ring (bicyclic) bond motifs is 1. The summed E-state index contributed by atoms with van der Waals surface area (Å²) in [4.78, 5) is -0.441. The Labute approximate surface area is 188 Å². The second kappa shape index (κ2) is 8.65. The zero-order chi connectivity index (χ0) is 23.6. The molecule has 0 bridgehead atoms. The second-order valence-corrected chi connectivity index (χ2v) is 8.42. The van der Waals surface area contributed by atoms with Crippen LogP contribution in [0.25, 0.3) is 10.8 Å². The molecule has 0 atom stereocenters. The van der Waals surface area contributed by atoms with E-state index >= 15 is 0 Å². The molecule has 4 aromatic carbocycles. The number of aromatic hydroxyl groups is 1. The van der Waals surface area contributed by atoms with Crippen molar-refractivity contribution in [3.8, 4) is 5.75 Å². The van der Waals surface area contributed by atoms with Gasteiger partial charge in [-0.15, -0.1) is 20.5 Å². The van der Waals surface area contributed by atoms with Gasteiger partial charge in [0.05, 0.1) is 22.0 Å². The maximum atomic E-state index is 11.3. The summed E-state index contributed by atoms with van der Waals surface area (Å²) in [6, 6.07) is 19.4. The van der Waals surface area contributed by atoms with E-state index in [1.807, 2.05) is 42.5 Å². The maximum absolute atomic E-state index is 11.3. The summed E-state index contributed by atoms with van der Waals surface area (Å²) in [5, 5.41) is 28.2. The molecule has 0 radical (unpaired) electrons. The molecule has 4 rings (SSSR count). The van der Waals surface area contributed by atoms with Crippen LogP contribution in [0.4, 0.5) is 34.1 Å². The third-order valence-electron chi connectivity index (χ3n) is 4.72. The molecule has 6 N–H and O–H groups in total. The van der Waals surface area contributed by atoms with Crippen molar-refractivity contribution in [1.29, 1.82) is 0 Å². The third kappa shape index (κ3) is 4.79. The van der Waals surface area contributed by atoms with Crippen molar-refractivity contribution in [1.82, 2.24) is 0 Å². The first kappa shape index (κ1) is 21.9. The molecule has 4 aromatic rings. The Bertz CT molecular complexity index is 1530. The molecule has 0 saturated carbocycles. The number of nitrogens with two attached hydrogens (primary N) is 2. The van der Waals surface area contributed by atoms with Crippen LogP contribution in [0.3, 0.4) is 0 Å². The lowest BCUT2D eigenvalue weighted by Gasteiger charge is -2.05. The van der Waals surface area contributed by atoms with Gasteiger partial charge >= 0.3 is 0 Å². The maximum Gasteiger partial charge on any atom is 0.294 e. The molecule has 0 saturated heterocycles. The van der Waals surface area contributed by atoms with Gasteiger partial charge < -0.3 is 16.6 Å². The number of hydrogen-bond acceptors (Lipinski definition) is 9. The number of anilines is 2. The fourth-order valence-corrected chi connectivity index (χ4v) is 3.54. The molecule has 0 aliphatic rings. The van der Waals surface area contributed by atoms with Gasteiger partial charge in [-0.25, -0.2) is 0 Å². The van der Waals surface area contributed by atoms with Crippen LogP contribution in [0.2, 0.25) is 0 Å². The Morgan fingerprint density at radius 2 is 1.27 bits per heavy atom. The molecule has 0 aromatic heterocycles. The van der Waals surface area contributed by atoms with Gasteiger partial charge in [-0.05, 0) is 41.8 Å². The van der Waals surface area contributed by atoms with Crippen LogP contribution in [-0.2, 0) is 10.1 Å². The van der Waals surface area contributed by atoms with E-state index in [-0.39, 0.29) is 28.5 Å². The third-order valence-corrected chi connectivity index (χ3v) is 5.57. The molecule has 0 aliphatic heterocycles. The lowest BCUT2D eigenvalue weighted by Crippen LogP contribution is -1.96. The molecular formula is C22H18N6O4S. The standard InChI is InChI=1S/C22H18N6O4S/c23-16-11-17(24)20(27-28-21-10-14(33(30,31)32)8-9-22(21)29)12-19(16)26-25-18-7-3-5-13-4-1-2-6-15(13)18/h1-12,29H,23-24H2,(H,30,31,32). The second-order valence-electron chi connectivity index (χ2n) is 6.99. The summed E-state index contributed by atoms with van der Waals surface area (Å²) in [6.45, 7) is 0. The first-order valence-electron chi connectivity index (χ1n) is 9.53. The Hall–Kier alpha value is -4.35. The number of phenols is 1. The van der Waals surface area contributed by atoms with Crippen LogP contribution < -0.4 is 11.5 Å². The minimum Gasteiger partial charge on any atom is -0.506 e. The molecular weight excluding hydrogens is 444 g/mol. The lowest BCUT2D eigenvalue weighted by molar-refractivity contribution is 0.473. The number of azo groups is 2. The normalized spacial score (nSPS) is 12.2. The Kier molecular flexibility index (Phi) is 5.73. The van der Waals surface area contributed by atoms with Crippen LogP contribution >= 0.6 is 0 Å². The van der Waals surface area contributed by atoms with Crippen molar-refractivity contribution in [2.45, 2.75) is 4.90 Å². The molecule has 0 spiro atoms. The highest BCUT2D eigenvalue weighted by Gasteiger charge is 2.13. The minimum atomic E-state index is -4.48. The van der Waals surface area contributed by atoms with E-state index in [1.165, 1.54) is 12.1 Å². The van der Waals surface area contributed by atoms with Gasteiger partial charge in [0, 0.05) is 5.39 Å². The summed E-state index contributed by atoms with van der Waals surface area (Å²) in [7, 11) is -4.48. The van der Waals surface area contributed by atoms with E-state index < -0.39 is 15.0 Å². The Morgan fingerprint density at radius 3 is 1.97 bits per heavy atom. The first-order valence-corrected chi connectivity index (χ1v) is 11.0. The van der Waals surface area contributed by atoms with Crippen LogP contribution in [0.15, 0.2) is 98.1 Å². The Morgan fingerprint density at radius 1 is 0.667 bits per heavy atom. The van der Waals surface area contributed by atoms with E-state index in [9.17, 15) is 18.1 Å². The predicted octanol–water partition coefficient (Wildman–Crippen LogP) is 5.79. The molecule has 0 amide bonds. The lowest BCUT2D eigenvalue weighted by atomic mass is 10.1.